The molecule has 0 spiro atoms. The monoisotopic (exact) mass is 215 g/mol. The van der Waals surface area contributed by atoms with Gasteiger partial charge in [0.15, 0.2) is 0 Å². The van der Waals surface area contributed by atoms with Crippen molar-refractivity contribution < 1.29 is 4.74 Å². The minimum atomic E-state index is 0.668. The van der Waals surface area contributed by atoms with Gasteiger partial charge < -0.3 is 10.5 Å². The lowest BCUT2D eigenvalue weighted by atomic mass is 10.3. The van der Waals surface area contributed by atoms with E-state index < -0.39 is 0 Å². The van der Waals surface area contributed by atoms with Crippen LogP contribution in [0.3, 0.4) is 0 Å². The Morgan fingerprint density at radius 2 is 2.27 bits per heavy atom. The third kappa shape index (κ3) is 2.12. The standard InChI is InChI=1S/C8H10BrNO/c1-2-11-6-3-4-7(9)8(10)5-6/h3-5H,2,10H2,1H3. The van der Waals surface area contributed by atoms with Crippen molar-refractivity contribution in [2.45, 2.75) is 6.92 Å². The molecule has 2 N–H and O–H groups in total. The Labute approximate surface area is 74.5 Å². The van der Waals surface area contributed by atoms with Crippen LogP contribution >= 0.6 is 15.9 Å². The summed E-state index contributed by atoms with van der Waals surface area (Å²) in [5, 5.41) is 0. The second-order valence-corrected chi connectivity index (χ2v) is 2.97. The number of rotatable bonds is 2. The molecular weight excluding hydrogens is 206 g/mol. The highest BCUT2D eigenvalue weighted by Crippen LogP contribution is 2.24. The van der Waals surface area contributed by atoms with Crippen molar-refractivity contribution in [2.24, 2.45) is 0 Å². The summed E-state index contributed by atoms with van der Waals surface area (Å²) in [4.78, 5) is 0. The molecular formula is C8H10BrNO. The molecule has 1 aromatic carbocycles. The van der Waals surface area contributed by atoms with E-state index >= 15 is 0 Å². The number of ether oxygens (including phenoxy) is 1. The van der Waals surface area contributed by atoms with Crippen LogP contribution in [0, 0.1) is 0 Å². The molecule has 1 rings (SSSR count). The van der Waals surface area contributed by atoms with E-state index in [9.17, 15) is 0 Å². The fourth-order valence-corrected chi connectivity index (χ4v) is 1.02. The molecule has 0 amide bonds. The highest BCUT2D eigenvalue weighted by atomic mass is 79.9. The Balaban J connectivity index is 2.86. The van der Waals surface area contributed by atoms with E-state index in [0.717, 1.165) is 10.2 Å². The van der Waals surface area contributed by atoms with Crippen molar-refractivity contribution in [1.82, 2.24) is 0 Å². The molecule has 0 aliphatic carbocycles. The predicted octanol–water partition coefficient (Wildman–Crippen LogP) is 2.43. The van der Waals surface area contributed by atoms with E-state index in [1.165, 1.54) is 0 Å². The van der Waals surface area contributed by atoms with Crippen LogP contribution in [0.4, 0.5) is 5.69 Å². The van der Waals surface area contributed by atoms with Crippen molar-refractivity contribution in [2.75, 3.05) is 12.3 Å². The highest BCUT2D eigenvalue weighted by molar-refractivity contribution is 9.10. The van der Waals surface area contributed by atoms with E-state index in [1.807, 2.05) is 19.1 Å². The Bertz CT molecular complexity index is 250. The summed E-state index contributed by atoms with van der Waals surface area (Å²) in [5.41, 5.74) is 6.33. The first-order valence-electron chi connectivity index (χ1n) is 3.42. The molecule has 0 aliphatic heterocycles. The Kier molecular flexibility index (Phi) is 2.76. The lowest BCUT2D eigenvalue weighted by Gasteiger charge is -2.04. The van der Waals surface area contributed by atoms with Crippen LogP contribution in [0.1, 0.15) is 6.92 Å². The molecule has 0 saturated heterocycles. The molecule has 1 aromatic rings. The van der Waals surface area contributed by atoms with E-state index in [-0.39, 0.29) is 0 Å². The van der Waals surface area contributed by atoms with Crippen LogP contribution in [0.5, 0.6) is 5.75 Å². The third-order valence-corrected chi connectivity index (χ3v) is 2.00. The van der Waals surface area contributed by atoms with E-state index in [4.69, 9.17) is 10.5 Å². The van der Waals surface area contributed by atoms with Gasteiger partial charge in [0.1, 0.15) is 5.75 Å². The maximum absolute atomic E-state index is 5.62. The van der Waals surface area contributed by atoms with Crippen LogP contribution < -0.4 is 10.5 Å². The van der Waals surface area contributed by atoms with Gasteiger partial charge >= 0.3 is 0 Å². The van der Waals surface area contributed by atoms with E-state index in [0.29, 0.717) is 12.3 Å². The smallest absolute Gasteiger partial charge is 0.121 e. The van der Waals surface area contributed by atoms with Crippen molar-refractivity contribution in [1.29, 1.82) is 0 Å². The minimum Gasteiger partial charge on any atom is -0.494 e. The topological polar surface area (TPSA) is 35.2 Å². The van der Waals surface area contributed by atoms with Crippen LogP contribution in [-0.4, -0.2) is 6.61 Å². The first kappa shape index (κ1) is 8.40. The van der Waals surface area contributed by atoms with E-state index in [2.05, 4.69) is 15.9 Å². The van der Waals surface area contributed by atoms with Gasteiger partial charge in [0.2, 0.25) is 0 Å². The zero-order chi connectivity index (χ0) is 8.27. The molecule has 0 unspecified atom stereocenters. The second-order valence-electron chi connectivity index (χ2n) is 2.12. The van der Waals surface area contributed by atoms with Gasteiger partial charge in [0.05, 0.1) is 6.61 Å². The van der Waals surface area contributed by atoms with Gasteiger partial charge in [-0.25, -0.2) is 0 Å². The third-order valence-electron chi connectivity index (χ3n) is 1.28. The maximum atomic E-state index is 5.62. The number of anilines is 1. The van der Waals surface area contributed by atoms with E-state index in [1.54, 1.807) is 6.07 Å². The van der Waals surface area contributed by atoms with Gasteiger partial charge in [-0.2, -0.15) is 0 Å². The Hall–Kier alpha value is -0.700. The quantitative estimate of drug-likeness (QED) is 0.770. The predicted molar refractivity (Wildman–Crippen MR) is 49.7 cm³/mol. The largest absolute Gasteiger partial charge is 0.494 e. The highest BCUT2D eigenvalue weighted by Gasteiger charge is 1.96. The zero-order valence-electron chi connectivity index (χ0n) is 6.30. The molecule has 0 bridgehead atoms. The number of halogens is 1. The summed E-state index contributed by atoms with van der Waals surface area (Å²) in [6, 6.07) is 5.55. The van der Waals surface area contributed by atoms with Gasteiger partial charge in [-0.3, -0.25) is 0 Å². The average Bonchev–Trinajstić information content (AvgIpc) is 1.98. The molecule has 60 valence electrons. The van der Waals surface area contributed by atoms with Gasteiger partial charge in [-0.1, -0.05) is 0 Å². The molecule has 0 atom stereocenters. The lowest BCUT2D eigenvalue weighted by molar-refractivity contribution is 0.340. The fraction of sp³-hybridized carbons (Fsp3) is 0.250. The summed E-state index contributed by atoms with van der Waals surface area (Å²) < 4.78 is 6.14. The number of benzene rings is 1. The van der Waals surface area contributed by atoms with Crippen molar-refractivity contribution in [3.63, 3.8) is 0 Å². The molecule has 0 aliphatic rings. The van der Waals surface area contributed by atoms with Gasteiger partial charge in [0.25, 0.3) is 0 Å². The van der Waals surface area contributed by atoms with Crippen LogP contribution in [0.25, 0.3) is 0 Å². The van der Waals surface area contributed by atoms with Gasteiger partial charge in [-0.15, -0.1) is 0 Å². The molecule has 2 nitrogen and oxygen atoms in total. The second kappa shape index (κ2) is 3.62. The molecule has 0 saturated carbocycles. The van der Waals surface area contributed by atoms with Crippen molar-refractivity contribution in [3.8, 4) is 5.75 Å². The molecule has 0 heterocycles. The Morgan fingerprint density at radius 1 is 1.55 bits per heavy atom. The summed E-state index contributed by atoms with van der Waals surface area (Å²) in [5.74, 6) is 0.813. The lowest BCUT2D eigenvalue weighted by Crippen LogP contribution is -1.93. The number of nitrogens with two attached hydrogens (primary N) is 1. The van der Waals surface area contributed by atoms with Crippen LogP contribution in [0.2, 0.25) is 0 Å². The first-order chi connectivity index (χ1) is 5.24. The number of hydrogen-bond acceptors (Lipinski definition) is 2. The minimum absolute atomic E-state index is 0.668. The van der Waals surface area contributed by atoms with Crippen molar-refractivity contribution in [3.05, 3.63) is 22.7 Å². The number of nitrogen functional groups attached to an aromatic ring is 1. The molecule has 0 radical (unpaired) electrons. The summed E-state index contributed by atoms with van der Waals surface area (Å²) in [6.07, 6.45) is 0. The van der Waals surface area contributed by atoms with Crippen LogP contribution in [0.15, 0.2) is 22.7 Å². The maximum Gasteiger partial charge on any atom is 0.121 e. The zero-order valence-corrected chi connectivity index (χ0v) is 7.89. The molecule has 11 heavy (non-hydrogen) atoms. The summed E-state index contributed by atoms with van der Waals surface area (Å²) in [6.45, 7) is 2.61. The van der Waals surface area contributed by atoms with Gasteiger partial charge in [0, 0.05) is 16.2 Å². The van der Waals surface area contributed by atoms with Crippen LogP contribution in [-0.2, 0) is 0 Å². The summed E-state index contributed by atoms with van der Waals surface area (Å²) >= 11 is 3.30. The Morgan fingerprint density at radius 3 is 2.82 bits per heavy atom. The van der Waals surface area contributed by atoms with Crippen molar-refractivity contribution >= 4 is 21.6 Å². The number of hydrogen-bond donors (Lipinski definition) is 1. The molecule has 0 fully saturated rings. The molecule has 3 heteroatoms. The first-order valence-corrected chi connectivity index (χ1v) is 4.21. The summed E-state index contributed by atoms with van der Waals surface area (Å²) in [7, 11) is 0. The van der Waals surface area contributed by atoms with Gasteiger partial charge in [-0.05, 0) is 35.0 Å². The molecule has 0 aromatic heterocycles. The normalized spacial score (nSPS) is 9.64. The average molecular weight is 216 g/mol. The fourth-order valence-electron chi connectivity index (χ4n) is 0.778. The SMILES string of the molecule is CCOc1ccc(Br)c(N)c1.